The fraction of sp³-hybridized carbons (Fsp3) is 0.500. The molecule has 0 saturated heterocycles. The van der Waals surface area contributed by atoms with Gasteiger partial charge < -0.3 is 29.3 Å². The Morgan fingerprint density at radius 3 is 1.04 bits per heavy atom. The second-order valence-corrected chi connectivity index (χ2v) is 6.37. The van der Waals surface area contributed by atoms with E-state index >= 15 is 0 Å². The Hall–Kier alpha value is -1.07. The monoisotopic (exact) mass is 480 g/mol. The molecular formula is C16H22BaO8. The molecule has 0 aliphatic carbocycles. The average Bonchev–Trinajstić information content (AvgIpc) is 2.30. The third-order valence-corrected chi connectivity index (χ3v) is 1.52. The minimum absolute atomic E-state index is 0. The number of carbonyl (C=O) groups is 4. The molecule has 0 aliphatic rings. The number of carboxylic acid groups (broad SMARTS) is 2. The van der Waals surface area contributed by atoms with Gasteiger partial charge in [0.05, 0.1) is 11.9 Å². The van der Waals surface area contributed by atoms with E-state index in [2.05, 4.69) is 0 Å². The summed E-state index contributed by atoms with van der Waals surface area (Å²) in [5, 5.41) is 19.7. The van der Waals surface area contributed by atoms with E-state index in [9.17, 15) is 29.4 Å². The summed E-state index contributed by atoms with van der Waals surface area (Å²) in [5.41, 5.74) is -1.21. The number of esters is 2. The van der Waals surface area contributed by atoms with E-state index in [1.165, 1.54) is 0 Å². The van der Waals surface area contributed by atoms with E-state index in [0.29, 0.717) is 12.2 Å². The standard InChI is InChI=1S/2C8H12O4.Ba/c2*1-8(2,3)12-7(11)5-4-6(9)10;/h2*4-5H,1-3H3,(H,9,10);/q;;+2/p-2/b2*5-4+;. The zero-order valence-electron chi connectivity index (χ0n) is 15.3. The molecule has 136 valence electrons. The number of ether oxygens (including phenoxy) is 2. The molecule has 8 nitrogen and oxygen atoms in total. The van der Waals surface area contributed by atoms with Gasteiger partial charge in [-0.15, -0.1) is 0 Å². The fourth-order valence-corrected chi connectivity index (χ4v) is 0.944. The number of hydrogen-bond acceptors (Lipinski definition) is 8. The van der Waals surface area contributed by atoms with Crippen LogP contribution in [0.2, 0.25) is 0 Å². The van der Waals surface area contributed by atoms with Crippen LogP contribution in [0.4, 0.5) is 0 Å². The molecule has 0 spiro atoms. The molecule has 9 heteroatoms. The molecule has 0 heterocycles. The van der Waals surface area contributed by atoms with Crippen molar-refractivity contribution in [3.05, 3.63) is 24.3 Å². The van der Waals surface area contributed by atoms with Gasteiger partial charge in [0.1, 0.15) is 11.2 Å². The third kappa shape index (κ3) is 28.0. The van der Waals surface area contributed by atoms with Crippen LogP contribution in [0.3, 0.4) is 0 Å². The molecule has 0 aromatic rings. The first-order valence-electron chi connectivity index (χ1n) is 6.86. The van der Waals surface area contributed by atoms with Crippen LogP contribution in [0.15, 0.2) is 24.3 Å². The predicted octanol–water partition coefficient (Wildman–Crippen LogP) is -1.11. The fourth-order valence-electron chi connectivity index (χ4n) is 0.944. The normalized spacial score (nSPS) is 11.1. The molecule has 0 aromatic heterocycles. The summed E-state index contributed by atoms with van der Waals surface area (Å²) in [6.45, 7) is 10.2. The number of carboxylic acids is 2. The Morgan fingerprint density at radius 2 is 0.880 bits per heavy atom. The minimum atomic E-state index is -1.42. The van der Waals surface area contributed by atoms with Gasteiger partial charge in [-0.2, -0.15) is 0 Å². The van der Waals surface area contributed by atoms with Gasteiger partial charge in [0.25, 0.3) is 0 Å². The SMILES string of the molecule is CC(C)(C)OC(=O)/C=C/C(=O)[O-].CC(C)(C)OC(=O)/C=C/C(=O)[O-].[Ba+2]. The average molecular weight is 480 g/mol. The summed E-state index contributed by atoms with van der Waals surface area (Å²) in [7, 11) is 0. The van der Waals surface area contributed by atoms with Crippen LogP contribution in [0, 0.1) is 0 Å². The molecule has 0 radical (unpaired) electrons. The Kier molecular flexibility index (Phi) is 15.1. The van der Waals surface area contributed by atoms with Crippen molar-refractivity contribution in [1.29, 1.82) is 0 Å². The van der Waals surface area contributed by atoms with Gasteiger partial charge in [0, 0.05) is 12.2 Å². The van der Waals surface area contributed by atoms with Crippen LogP contribution < -0.4 is 10.2 Å². The molecule has 0 N–H and O–H groups in total. The van der Waals surface area contributed by atoms with E-state index < -0.39 is 35.1 Å². The van der Waals surface area contributed by atoms with E-state index in [-0.39, 0.29) is 48.9 Å². The van der Waals surface area contributed by atoms with Gasteiger partial charge in [-0.3, -0.25) is 0 Å². The topological polar surface area (TPSA) is 133 Å². The van der Waals surface area contributed by atoms with Gasteiger partial charge in [-0.25, -0.2) is 9.59 Å². The van der Waals surface area contributed by atoms with Crippen LogP contribution in [0.25, 0.3) is 0 Å². The summed E-state index contributed by atoms with van der Waals surface area (Å²) >= 11 is 0. The molecular weight excluding hydrogens is 457 g/mol. The zero-order valence-corrected chi connectivity index (χ0v) is 19.7. The van der Waals surface area contributed by atoms with E-state index in [1.807, 2.05) is 0 Å². The summed E-state index contributed by atoms with van der Waals surface area (Å²) in [6.07, 6.45) is 2.91. The van der Waals surface area contributed by atoms with E-state index in [0.717, 1.165) is 12.2 Å². The van der Waals surface area contributed by atoms with Crippen molar-refractivity contribution < 1.29 is 38.9 Å². The van der Waals surface area contributed by atoms with Crippen LogP contribution in [-0.4, -0.2) is 84.0 Å². The zero-order chi connectivity index (χ0) is 19.6. The Bertz CT molecular complexity index is 473. The van der Waals surface area contributed by atoms with Gasteiger partial charge in [0.2, 0.25) is 0 Å². The smallest absolute Gasteiger partial charge is 0.545 e. The first kappa shape index (κ1) is 28.7. The second-order valence-electron chi connectivity index (χ2n) is 6.37. The van der Waals surface area contributed by atoms with E-state index in [1.54, 1.807) is 41.5 Å². The number of aliphatic carboxylic acids is 2. The van der Waals surface area contributed by atoms with Crippen molar-refractivity contribution in [2.24, 2.45) is 0 Å². The first-order chi connectivity index (χ1) is 10.6. The molecule has 0 unspecified atom stereocenters. The van der Waals surface area contributed by atoms with Crippen LogP contribution in [0.1, 0.15) is 41.5 Å². The third-order valence-electron chi connectivity index (χ3n) is 1.52. The molecule has 0 fully saturated rings. The van der Waals surface area contributed by atoms with Crippen molar-refractivity contribution in [3.8, 4) is 0 Å². The Labute approximate surface area is 187 Å². The summed E-state index contributed by atoms with van der Waals surface area (Å²) in [6, 6.07) is 0. The maximum Gasteiger partial charge on any atom is 2.00 e. The molecule has 25 heavy (non-hydrogen) atoms. The number of rotatable bonds is 4. The maximum atomic E-state index is 10.8. The summed E-state index contributed by atoms with van der Waals surface area (Å²) in [4.78, 5) is 41.3. The van der Waals surface area contributed by atoms with Gasteiger partial charge in [0.15, 0.2) is 0 Å². The quantitative estimate of drug-likeness (QED) is 0.281. The van der Waals surface area contributed by atoms with Gasteiger partial charge >= 0.3 is 60.8 Å². The van der Waals surface area contributed by atoms with Gasteiger partial charge in [-0.1, -0.05) is 0 Å². The molecule has 0 saturated carbocycles. The van der Waals surface area contributed by atoms with Crippen molar-refractivity contribution in [1.82, 2.24) is 0 Å². The molecule has 0 amide bonds. The van der Waals surface area contributed by atoms with Crippen molar-refractivity contribution >= 4 is 72.8 Å². The maximum absolute atomic E-state index is 10.8. The molecule has 0 bridgehead atoms. The minimum Gasteiger partial charge on any atom is -0.545 e. The molecule has 0 atom stereocenters. The predicted molar refractivity (Wildman–Crippen MR) is 85.7 cm³/mol. The first-order valence-corrected chi connectivity index (χ1v) is 6.86. The van der Waals surface area contributed by atoms with E-state index in [4.69, 9.17) is 9.47 Å². The van der Waals surface area contributed by atoms with Crippen LogP contribution >= 0.6 is 0 Å². The van der Waals surface area contributed by atoms with Crippen LogP contribution in [0.5, 0.6) is 0 Å². The van der Waals surface area contributed by atoms with Crippen molar-refractivity contribution in [3.63, 3.8) is 0 Å². The molecule has 0 aliphatic heterocycles. The Balaban J connectivity index is -0.000000372. The molecule has 0 aromatic carbocycles. The van der Waals surface area contributed by atoms with Crippen LogP contribution in [-0.2, 0) is 28.7 Å². The largest absolute Gasteiger partial charge is 2.00 e. The molecule has 0 rings (SSSR count). The number of carbonyl (C=O) groups excluding carboxylic acids is 4. The number of hydrogen-bond donors (Lipinski definition) is 0. The Morgan fingerprint density at radius 1 is 0.640 bits per heavy atom. The summed E-state index contributed by atoms with van der Waals surface area (Å²) < 4.78 is 9.54. The van der Waals surface area contributed by atoms with Gasteiger partial charge in [-0.05, 0) is 53.7 Å². The van der Waals surface area contributed by atoms with Crippen molar-refractivity contribution in [2.45, 2.75) is 52.7 Å². The second kappa shape index (κ2) is 13.2. The van der Waals surface area contributed by atoms with Crippen molar-refractivity contribution in [2.75, 3.05) is 0 Å². The summed E-state index contributed by atoms with van der Waals surface area (Å²) in [5.74, 6) is -4.21.